The van der Waals surface area contributed by atoms with E-state index in [2.05, 4.69) is 4.98 Å². The van der Waals surface area contributed by atoms with Crippen molar-refractivity contribution in [1.82, 2.24) is 4.98 Å². The minimum absolute atomic E-state index is 0.0499. The first-order chi connectivity index (χ1) is 6.36. The molecule has 0 amide bonds. The third kappa shape index (κ3) is 2.30. The third-order valence-corrected chi connectivity index (χ3v) is 4.63. The summed E-state index contributed by atoms with van der Waals surface area (Å²) in [5.41, 5.74) is 6.14. The van der Waals surface area contributed by atoms with E-state index in [0.29, 0.717) is 10.6 Å². The summed E-state index contributed by atoms with van der Waals surface area (Å²) in [4.78, 5) is 4.51. The molecule has 80 valence electrons. The van der Waals surface area contributed by atoms with Crippen molar-refractivity contribution in [2.75, 3.05) is 12.9 Å². The molecule has 1 rings (SSSR count). The molecule has 1 unspecified atom stereocenters. The van der Waals surface area contributed by atoms with E-state index in [-0.39, 0.29) is 10.9 Å². The quantitative estimate of drug-likeness (QED) is 0.761. The van der Waals surface area contributed by atoms with Crippen LogP contribution in [0.3, 0.4) is 0 Å². The van der Waals surface area contributed by atoms with Crippen LogP contribution in [-0.2, 0) is 9.84 Å². The molecule has 0 saturated carbocycles. The Morgan fingerprint density at radius 3 is 2.57 bits per heavy atom. The van der Waals surface area contributed by atoms with Crippen molar-refractivity contribution in [3.8, 4) is 0 Å². The molecule has 0 fully saturated rings. The zero-order chi connectivity index (χ0) is 10.9. The van der Waals surface area contributed by atoms with Gasteiger partial charge in [0.1, 0.15) is 0 Å². The summed E-state index contributed by atoms with van der Waals surface area (Å²) in [5, 5.41) is 8.83. The monoisotopic (exact) mass is 236 g/mol. The van der Waals surface area contributed by atoms with Gasteiger partial charge in [0, 0.05) is 11.1 Å². The molecule has 1 atom stereocenters. The summed E-state index contributed by atoms with van der Waals surface area (Å²) in [6, 6.07) is -0.553. The van der Waals surface area contributed by atoms with Gasteiger partial charge in [0.15, 0.2) is 0 Å². The van der Waals surface area contributed by atoms with E-state index >= 15 is 0 Å². The van der Waals surface area contributed by atoms with Crippen molar-refractivity contribution in [2.45, 2.75) is 17.3 Å². The Morgan fingerprint density at radius 2 is 2.21 bits per heavy atom. The largest absolute Gasteiger partial charge is 0.394 e. The molecule has 0 aliphatic carbocycles. The van der Waals surface area contributed by atoms with Crippen LogP contribution in [0.1, 0.15) is 16.6 Å². The van der Waals surface area contributed by atoms with Gasteiger partial charge in [-0.3, -0.25) is 0 Å². The molecule has 0 aliphatic heterocycles. The minimum Gasteiger partial charge on any atom is -0.394 e. The average molecular weight is 236 g/mol. The van der Waals surface area contributed by atoms with Gasteiger partial charge < -0.3 is 10.8 Å². The Morgan fingerprint density at radius 1 is 1.64 bits per heavy atom. The number of thiazole rings is 1. The van der Waals surface area contributed by atoms with Crippen LogP contribution in [0.4, 0.5) is 0 Å². The molecule has 14 heavy (non-hydrogen) atoms. The fraction of sp³-hybridized carbons (Fsp3) is 0.571. The SMILES string of the molecule is Cc1nc(S(C)(=O)=O)sc1C(N)CO. The highest BCUT2D eigenvalue weighted by atomic mass is 32.2. The number of hydrogen-bond donors (Lipinski definition) is 2. The van der Waals surface area contributed by atoms with Gasteiger partial charge in [-0.15, -0.1) is 11.3 Å². The Hall–Kier alpha value is -0.500. The average Bonchev–Trinajstić information content (AvgIpc) is 2.45. The number of nitrogens with zero attached hydrogens (tertiary/aromatic N) is 1. The lowest BCUT2D eigenvalue weighted by Gasteiger charge is -2.04. The molecule has 1 aromatic heterocycles. The van der Waals surface area contributed by atoms with Gasteiger partial charge in [-0.05, 0) is 6.92 Å². The number of aryl methyl sites for hydroxylation is 1. The van der Waals surface area contributed by atoms with Crippen molar-refractivity contribution >= 4 is 21.2 Å². The summed E-state index contributed by atoms with van der Waals surface area (Å²) in [7, 11) is -3.28. The zero-order valence-electron chi connectivity index (χ0n) is 7.89. The van der Waals surface area contributed by atoms with Crippen LogP contribution in [0.2, 0.25) is 0 Å². The Labute approximate surface area is 86.5 Å². The van der Waals surface area contributed by atoms with E-state index in [1.165, 1.54) is 0 Å². The van der Waals surface area contributed by atoms with Crippen LogP contribution < -0.4 is 5.73 Å². The molecule has 0 aliphatic rings. The second-order valence-electron chi connectivity index (χ2n) is 2.99. The van der Waals surface area contributed by atoms with Crippen molar-refractivity contribution in [3.63, 3.8) is 0 Å². The van der Waals surface area contributed by atoms with Crippen LogP contribution in [0.15, 0.2) is 4.34 Å². The number of hydrogen-bond acceptors (Lipinski definition) is 6. The molecular formula is C7H12N2O3S2. The number of aliphatic hydroxyl groups is 1. The van der Waals surface area contributed by atoms with Crippen molar-refractivity contribution in [2.24, 2.45) is 5.73 Å². The summed E-state index contributed by atoms with van der Waals surface area (Å²) in [5.74, 6) is 0. The molecule has 1 heterocycles. The van der Waals surface area contributed by atoms with Crippen LogP contribution in [0.5, 0.6) is 0 Å². The number of aromatic nitrogens is 1. The molecular weight excluding hydrogens is 224 g/mol. The molecule has 0 spiro atoms. The van der Waals surface area contributed by atoms with E-state index in [1.807, 2.05) is 0 Å². The predicted octanol–water partition coefficient (Wildman–Crippen LogP) is -0.153. The third-order valence-electron chi connectivity index (χ3n) is 1.66. The van der Waals surface area contributed by atoms with E-state index < -0.39 is 15.9 Å². The van der Waals surface area contributed by atoms with E-state index in [9.17, 15) is 8.42 Å². The summed E-state index contributed by atoms with van der Waals surface area (Å²) in [6.45, 7) is 1.46. The first-order valence-electron chi connectivity index (χ1n) is 3.90. The van der Waals surface area contributed by atoms with Crippen molar-refractivity contribution < 1.29 is 13.5 Å². The molecule has 1 aromatic rings. The maximum Gasteiger partial charge on any atom is 0.209 e. The summed E-state index contributed by atoms with van der Waals surface area (Å²) >= 11 is 1.02. The Kier molecular flexibility index (Phi) is 3.25. The molecule has 0 bridgehead atoms. The molecule has 0 saturated heterocycles. The standard InChI is InChI=1S/C7H12N2O3S2/c1-4-6(5(8)3-10)13-7(9-4)14(2,11)12/h5,10H,3,8H2,1-2H3. The van der Waals surface area contributed by atoms with Gasteiger partial charge in [-0.2, -0.15) is 0 Å². The fourth-order valence-corrected chi connectivity index (χ4v) is 2.94. The molecule has 3 N–H and O–H groups in total. The van der Waals surface area contributed by atoms with Gasteiger partial charge in [-0.1, -0.05) is 0 Å². The first kappa shape index (κ1) is 11.6. The summed E-state index contributed by atoms with van der Waals surface area (Å²) < 4.78 is 22.4. The highest BCUT2D eigenvalue weighted by Gasteiger charge is 2.19. The first-order valence-corrected chi connectivity index (χ1v) is 6.61. The summed E-state index contributed by atoms with van der Waals surface area (Å²) in [6.07, 6.45) is 1.10. The molecule has 5 nitrogen and oxygen atoms in total. The van der Waals surface area contributed by atoms with Gasteiger partial charge >= 0.3 is 0 Å². The van der Waals surface area contributed by atoms with Gasteiger partial charge in [-0.25, -0.2) is 13.4 Å². The van der Waals surface area contributed by atoms with Crippen molar-refractivity contribution in [3.05, 3.63) is 10.6 Å². The molecule has 7 heteroatoms. The number of sulfone groups is 1. The van der Waals surface area contributed by atoms with Crippen LogP contribution in [-0.4, -0.2) is 31.4 Å². The van der Waals surface area contributed by atoms with Crippen LogP contribution >= 0.6 is 11.3 Å². The Bertz CT molecular complexity index is 424. The maximum absolute atomic E-state index is 11.2. The van der Waals surface area contributed by atoms with Gasteiger partial charge in [0.2, 0.25) is 14.2 Å². The smallest absolute Gasteiger partial charge is 0.209 e. The molecule has 0 aromatic carbocycles. The maximum atomic E-state index is 11.2. The van der Waals surface area contributed by atoms with Crippen LogP contribution in [0, 0.1) is 6.92 Å². The van der Waals surface area contributed by atoms with E-state index in [1.54, 1.807) is 6.92 Å². The second-order valence-corrected chi connectivity index (χ2v) is 6.21. The second kappa shape index (κ2) is 3.93. The predicted molar refractivity (Wildman–Crippen MR) is 54.0 cm³/mol. The van der Waals surface area contributed by atoms with E-state index in [4.69, 9.17) is 10.8 Å². The van der Waals surface area contributed by atoms with Gasteiger partial charge in [0.05, 0.1) is 18.3 Å². The lowest BCUT2D eigenvalue weighted by molar-refractivity contribution is 0.269. The fourth-order valence-electron chi connectivity index (χ4n) is 0.968. The van der Waals surface area contributed by atoms with Crippen molar-refractivity contribution in [1.29, 1.82) is 0 Å². The van der Waals surface area contributed by atoms with Crippen LogP contribution in [0.25, 0.3) is 0 Å². The van der Waals surface area contributed by atoms with E-state index in [0.717, 1.165) is 17.6 Å². The lowest BCUT2D eigenvalue weighted by atomic mass is 10.2. The number of rotatable bonds is 3. The topological polar surface area (TPSA) is 93.3 Å². The minimum atomic E-state index is -3.28. The molecule has 0 radical (unpaired) electrons. The Balaban J connectivity index is 3.18. The highest BCUT2D eigenvalue weighted by Crippen LogP contribution is 2.26. The zero-order valence-corrected chi connectivity index (χ0v) is 9.52. The lowest BCUT2D eigenvalue weighted by Crippen LogP contribution is -2.13. The highest BCUT2D eigenvalue weighted by molar-refractivity contribution is 7.92. The number of nitrogens with two attached hydrogens (primary N) is 1. The number of aliphatic hydroxyl groups excluding tert-OH is 1. The van der Waals surface area contributed by atoms with Gasteiger partial charge in [0.25, 0.3) is 0 Å². The normalized spacial score (nSPS) is 14.3.